The first-order chi connectivity index (χ1) is 11.2. The number of nitrogens with zero attached hydrogens (tertiary/aromatic N) is 3. The molecule has 0 radical (unpaired) electrons. The molecule has 0 bridgehead atoms. The summed E-state index contributed by atoms with van der Waals surface area (Å²) in [6.45, 7) is 9.44. The van der Waals surface area contributed by atoms with Crippen LogP contribution in [0.25, 0.3) is 0 Å². The molecule has 5 heteroatoms. The summed E-state index contributed by atoms with van der Waals surface area (Å²) in [5.74, 6) is 0. The zero-order valence-corrected chi connectivity index (χ0v) is 14.6. The number of aryl methyl sites for hydroxylation is 1. The standard InChI is InChI=1S/C18H30N4O/c1-3-22(13-12-21-10-6-4-5-7-11-21)18(23)20-15-17-8-9-19-16(2)14-17/h8-9,14H,3-7,10-13,15H2,1-2H3,(H,20,23). The maximum absolute atomic E-state index is 12.4. The summed E-state index contributed by atoms with van der Waals surface area (Å²) in [6, 6.07) is 3.98. The van der Waals surface area contributed by atoms with Gasteiger partial charge in [0.15, 0.2) is 0 Å². The molecular formula is C18H30N4O. The number of aromatic nitrogens is 1. The third kappa shape index (κ3) is 6.18. The molecule has 2 amide bonds. The second-order valence-electron chi connectivity index (χ2n) is 6.30. The largest absolute Gasteiger partial charge is 0.334 e. The lowest BCUT2D eigenvalue weighted by Crippen LogP contribution is -2.43. The molecular weight excluding hydrogens is 288 g/mol. The van der Waals surface area contributed by atoms with Crippen LogP contribution in [0, 0.1) is 6.92 Å². The van der Waals surface area contributed by atoms with Crippen molar-refractivity contribution < 1.29 is 4.79 Å². The number of rotatable bonds is 6. The van der Waals surface area contributed by atoms with E-state index in [1.54, 1.807) is 6.20 Å². The Labute approximate surface area is 140 Å². The summed E-state index contributed by atoms with van der Waals surface area (Å²) in [7, 11) is 0. The molecule has 1 N–H and O–H groups in total. The van der Waals surface area contributed by atoms with Gasteiger partial charge in [-0.2, -0.15) is 0 Å². The van der Waals surface area contributed by atoms with Crippen molar-refractivity contribution in [1.82, 2.24) is 20.1 Å². The third-order valence-corrected chi connectivity index (χ3v) is 4.46. The average molecular weight is 318 g/mol. The average Bonchev–Trinajstić information content (AvgIpc) is 2.82. The quantitative estimate of drug-likeness (QED) is 0.877. The van der Waals surface area contributed by atoms with Gasteiger partial charge in [0.1, 0.15) is 0 Å². The Morgan fingerprint density at radius 1 is 1.30 bits per heavy atom. The Bertz CT molecular complexity index is 484. The highest BCUT2D eigenvalue weighted by molar-refractivity contribution is 5.74. The number of likely N-dealkylation sites (tertiary alicyclic amines) is 1. The topological polar surface area (TPSA) is 48.5 Å². The summed E-state index contributed by atoms with van der Waals surface area (Å²) >= 11 is 0. The SMILES string of the molecule is CCN(CCN1CCCCCC1)C(=O)NCc1ccnc(C)c1. The molecule has 0 aromatic carbocycles. The van der Waals surface area contributed by atoms with E-state index < -0.39 is 0 Å². The van der Waals surface area contributed by atoms with E-state index in [2.05, 4.69) is 15.2 Å². The van der Waals surface area contributed by atoms with Crippen molar-refractivity contribution in [2.45, 2.75) is 46.1 Å². The predicted octanol–water partition coefficient (Wildman–Crippen LogP) is 2.80. The second-order valence-corrected chi connectivity index (χ2v) is 6.30. The van der Waals surface area contributed by atoms with E-state index in [-0.39, 0.29) is 6.03 Å². The number of amides is 2. The fourth-order valence-electron chi connectivity index (χ4n) is 3.03. The smallest absolute Gasteiger partial charge is 0.317 e. The number of nitrogens with one attached hydrogen (secondary N) is 1. The van der Waals surface area contributed by atoms with E-state index in [4.69, 9.17) is 0 Å². The molecule has 1 fully saturated rings. The fraction of sp³-hybridized carbons (Fsp3) is 0.667. The summed E-state index contributed by atoms with van der Waals surface area (Å²) in [5, 5.41) is 3.02. The van der Waals surface area contributed by atoms with Crippen LogP contribution in [-0.4, -0.2) is 53.5 Å². The first kappa shape index (κ1) is 17.7. The number of hydrogen-bond acceptors (Lipinski definition) is 3. The van der Waals surface area contributed by atoms with Gasteiger partial charge in [-0.15, -0.1) is 0 Å². The third-order valence-electron chi connectivity index (χ3n) is 4.46. The summed E-state index contributed by atoms with van der Waals surface area (Å²) in [6.07, 6.45) is 7.06. The summed E-state index contributed by atoms with van der Waals surface area (Å²) in [4.78, 5) is 20.9. The van der Waals surface area contributed by atoms with Crippen molar-refractivity contribution in [3.05, 3.63) is 29.6 Å². The molecule has 1 aromatic heterocycles. The van der Waals surface area contributed by atoms with Crippen LogP contribution in [-0.2, 0) is 6.54 Å². The van der Waals surface area contributed by atoms with E-state index in [9.17, 15) is 4.79 Å². The molecule has 1 aliphatic rings. The molecule has 1 aromatic rings. The molecule has 5 nitrogen and oxygen atoms in total. The zero-order chi connectivity index (χ0) is 16.5. The van der Waals surface area contributed by atoms with Crippen LogP contribution in [0.3, 0.4) is 0 Å². The number of pyridine rings is 1. The van der Waals surface area contributed by atoms with Gasteiger partial charge in [0, 0.05) is 38.1 Å². The van der Waals surface area contributed by atoms with E-state index in [1.165, 1.54) is 38.8 Å². The summed E-state index contributed by atoms with van der Waals surface area (Å²) < 4.78 is 0. The van der Waals surface area contributed by atoms with Gasteiger partial charge in [0.2, 0.25) is 0 Å². The Morgan fingerprint density at radius 3 is 2.70 bits per heavy atom. The molecule has 128 valence electrons. The van der Waals surface area contributed by atoms with Gasteiger partial charge in [-0.3, -0.25) is 4.98 Å². The highest BCUT2D eigenvalue weighted by Gasteiger charge is 2.14. The highest BCUT2D eigenvalue weighted by atomic mass is 16.2. The number of likely N-dealkylation sites (N-methyl/N-ethyl adjacent to an activating group) is 1. The van der Waals surface area contributed by atoms with Crippen LogP contribution in [0.5, 0.6) is 0 Å². The minimum absolute atomic E-state index is 0.0248. The monoisotopic (exact) mass is 318 g/mol. The van der Waals surface area contributed by atoms with E-state index in [0.29, 0.717) is 6.54 Å². The molecule has 0 saturated carbocycles. The van der Waals surface area contributed by atoms with Crippen molar-refractivity contribution in [3.8, 4) is 0 Å². The van der Waals surface area contributed by atoms with Crippen LogP contribution in [0.1, 0.15) is 43.9 Å². The maximum Gasteiger partial charge on any atom is 0.317 e. The second kappa shape index (κ2) is 9.50. The van der Waals surface area contributed by atoms with E-state index in [1.807, 2.05) is 30.9 Å². The van der Waals surface area contributed by atoms with Crippen LogP contribution >= 0.6 is 0 Å². The molecule has 23 heavy (non-hydrogen) atoms. The fourth-order valence-corrected chi connectivity index (χ4v) is 3.03. The molecule has 0 aliphatic carbocycles. The van der Waals surface area contributed by atoms with Crippen molar-refractivity contribution in [2.24, 2.45) is 0 Å². The number of carbonyl (C=O) groups excluding carboxylic acids is 1. The molecule has 0 atom stereocenters. The van der Waals surface area contributed by atoms with Crippen LogP contribution < -0.4 is 5.32 Å². The number of carbonyl (C=O) groups is 1. The molecule has 1 aliphatic heterocycles. The number of urea groups is 1. The lowest BCUT2D eigenvalue weighted by atomic mass is 10.2. The minimum atomic E-state index is 0.0248. The van der Waals surface area contributed by atoms with Gasteiger partial charge in [0.25, 0.3) is 0 Å². The van der Waals surface area contributed by atoms with Gasteiger partial charge in [-0.05, 0) is 57.5 Å². The van der Waals surface area contributed by atoms with Crippen LogP contribution in [0.15, 0.2) is 18.3 Å². The van der Waals surface area contributed by atoms with Crippen molar-refractivity contribution in [1.29, 1.82) is 0 Å². The molecule has 1 saturated heterocycles. The Balaban J connectivity index is 1.76. The van der Waals surface area contributed by atoms with E-state index >= 15 is 0 Å². The Hall–Kier alpha value is -1.62. The highest BCUT2D eigenvalue weighted by Crippen LogP contribution is 2.09. The molecule has 0 unspecified atom stereocenters. The van der Waals surface area contributed by atoms with Crippen molar-refractivity contribution in [3.63, 3.8) is 0 Å². The van der Waals surface area contributed by atoms with Crippen LogP contribution in [0.4, 0.5) is 4.79 Å². The first-order valence-electron chi connectivity index (χ1n) is 8.85. The number of hydrogen-bond donors (Lipinski definition) is 1. The predicted molar refractivity (Wildman–Crippen MR) is 93.4 cm³/mol. The van der Waals surface area contributed by atoms with Gasteiger partial charge >= 0.3 is 6.03 Å². The van der Waals surface area contributed by atoms with Gasteiger partial charge in [-0.1, -0.05) is 12.8 Å². The van der Waals surface area contributed by atoms with E-state index in [0.717, 1.165) is 30.9 Å². The van der Waals surface area contributed by atoms with Gasteiger partial charge in [0.05, 0.1) is 0 Å². The molecule has 0 spiro atoms. The lowest BCUT2D eigenvalue weighted by Gasteiger charge is -2.26. The Kier molecular flexibility index (Phi) is 7.33. The first-order valence-corrected chi connectivity index (χ1v) is 8.85. The molecule has 2 rings (SSSR count). The van der Waals surface area contributed by atoms with Crippen LogP contribution in [0.2, 0.25) is 0 Å². The van der Waals surface area contributed by atoms with Crippen molar-refractivity contribution >= 4 is 6.03 Å². The zero-order valence-electron chi connectivity index (χ0n) is 14.6. The van der Waals surface area contributed by atoms with Crippen molar-refractivity contribution in [2.75, 3.05) is 32.7 Å². The molecule has 2 heterocycles. The lowest BCUT2D eigenvalue weighted by molar-refractivity contribution is 0.185. The van der Waals surface area contributed by atoms with Gasteiger partial charge in [-0.25, -0.2) is 4.79 Å². The normalized spacial score (nSPS) is 15.9. The van der Waals surface area contributed by atoms with Gasteiger partial charge < -0.3 is 15.1 Å². The Morgan fingerprint density at radius 2 is 2.04 bits per heavy atom. The minimum Gasteiger partial charge on any atom is -0.334 e. The maximum atomic E-state index is 12.4. The summed E-state index contributed by atoms with van der Waals surface area (Å²) in [5.41, 5.74) is 2.07.